The van der Waals surface area contributed by atoms with E-state index in [1.807, 2.05) is 0 Å². The highest BCUT2D eigenvalue weighted by molar-refractivity contribution is 7.92. The molecule has 0 amide bonds. The fraction of sp³-hybridized carbons (Fsp3) is 0.294. The molecule has 0 fully saturated rings. The first-order valence-corrected chi connectivity index (χ1v) is 9.20. The Kier molecular flexibility index (Phi) is 5.61. The molecule has 0 aliphatic heterocycles. The first kappa shape index (κ1) is 21.9. The Balaban J connectivity index is 2.67. The number of sulfonamides is 1. The van der Waals surface area contributed by atoms with Gasteiger partial charge < -0.3 is 4.90 Å². The van der Waals surface area contributed by atoms with E-state index in [1.54, 1.807) is 11.6 Å². The maximum Gasteiger partial charge on any atom is 0.418 e. The number of benzene rings is 2. The number of hydrogen-bond acceptors (Lipinski definition) is 3. The zero-order valence-electron chi connectivity index (χ0n) is 14.9. The quantitative estimate of drug-likeness (QED) is 0.708. The second-order valence-corrected chi connectivity index (χ2v) is 7.91. The van der Waals surface area contributed by atoms with Gasteiger partial charge in [-0.25, -0.2) is 8.42 Å². The third-order valence-electron chi connectivity index (χ3n) is 3.75. The van der Waals surface area contributed by atoms with E-state index in [0.717, 1.165) is 19.7 Å². The third kappa shape index (κ3) is 4.70. The zero-order chi connectivity index (χ0) is 21.5. The lowest BCUT2D eigenvalue weighted by Crippen LogP contribution is -2.23. The van der Waals surface area contributed by atoms with Gasteiger partial charge in [0, 0.05) is 14.1 Å². The van der Waals surface area contributed by atoms with Crippen LogP contribution in [0.4, 0.5) is 37.7 Å². The van der Waals surface area contributed by atoms with Crippen LogP contribution in [0.2, 0.25) is 0 Å². The molecular weight excluding hydrogens is 410 g/mol. The molecule has 0 unspecified atom stereocenters. The number of halogens is 6. The molecule has 0 heterocycles. The fourth-order valence-electron chi connectivity index (χ4n) is 2.54. The Hall–Kier alpha value is -2.43. The minimum absolute atomic E-state index is 0.295. The topological polar surface area (TPSA) is 49.4 Å². The van der Waals surface area contributed by atoms with Crippen LogP contribution in [-0.2, 0) is 22.4 Å². The Morgan fingerprint density at radius 2 is 1.29 bits per heavy atom. The van der Waals surface area contributed by atoms with E-state index in [4.69, 9.17) is 0 Å². The van der Waals surface area contributed by atoms with Crippen molar-refractivity contribution < 1.29 is 34.8 Å². The summed E-state index contributed by atoms with van der Waals surface area (Å²) in [5.74, 6) is 0. The Morgan fingerprint density at radius 1 is 0.857 bits per heavy atom. The van der Waals surface area contributed by atoms with E-state index in [2.05, 4.69) is 0 Å². The summed E-state index contributed by atoms with van der Waals surface area (Å²) in [5.41, 5.74) is -4.42. The first-order chi connectivity index (χ1) is 12.6. The minimum atomic E-state index is -5.13. The molecule has 0 aliphatic rings. The van der Waals surface area contributed by atoms with Gasteiger partial charge in [-0.1, -0.05) is 17.7 Å². The SMILES string of the molecule is Cc1ccc(S(=O)(=O)Nc2cc(C(F)(F)F)c(N(C)C)c(C(F)(F)F)c2)cc1. The molecule has 0 aliphatic carbocycles. The van der Waals surface area contributed by atoms with Crippen LogP contribution in [0.15, 0.2) is 41.3 Å². The molecule has 1 N–H and O–H groups in total. The van der Waals surface area contributed by atoms with Crippen molar-refractivity contribution in [3.05, 3.63) is 53.1 Å². The molecule has 2 rings (SSSR count). The van der Waals surface area contributed by atoms with Crippen molar-refractivity contribution in [2.45, 2.75) is 24.2 Å². The number of rotatable bonds is 4. The Bertz CT molecular complexity index is 930. The lowest BCUT2D eigenvalue weighted by Gasteiger charge is -2.25. The molecule has 4 nitrogen and oxygen atoms in total. The highest BCUT2D eigenvalue weighted by Crippen LogP contribution is 2.45. The molecule has 0 saturated heterocycles. The predicted octanol–water partition coefficient (Wildman–Crippen LogP) is 4.90. The molecule has 0 aromatic heterocycles. The summed E-state index contributed by atoms with van der Waals surface area (Å²) in [6.45, 7) is 1.69. The second-order valence-electron chi connectivity index (χ2n) is 6.23. The molecule has 0 saturated carbocycles. The van der Waals surface area contributed by atoms with Gasteiger partial charge in [-0.2, -0.15) is 26.3 Å². The number of nitrogens with zero attached hydrogens (tertiary/aromatic N) is 1. The Labute approximate surface area is 157 Å². The van der Waals surface area contributed by atoms with Gasteiger partial charge in [-0.15, -0.1) is 0 Å². The zero-order valence-corrected chi connectivity index (χ0v) is 15.7. The van der Waals surface area contributed by atoms with Crippen molar-refractivity contribution >= 4 is 21.4 Å². The summed E-state index contributed by atoms with van der Waals surface area (Å²) in [4.78, 5) is 0.390. The maximum atomic E-state index is 13.4. The van der Waals surface area contributed by atoms with E-state index in [-0.39, 0.29) is 4.90 Å². The third-order valence-corrected chi connectivity index (χ3v) is 5.15. The van der Waals surface area contributed by atoms with E-state index >= 15 is 0 Å². The normalized spacial score (nSPS) is 12.8. The fourth-order valence-corrected chi connectivity index (χ4v) is 3.58. The maximum absolute atomic E-state index is 13.4. The molecule has 0 radical (unpaired) electrons. The van der Waals surface area contributed by atoms with E-state index < -0.39 is 44.9 Å². The van der Waals surface area contributed by atoms with Crippen LogP contribution in [0.5, 0.6) is 0 Å². The van der Waals surface area contributed by atoms with Gasteiger partial charge in [0.15, 0.2) is 0 Å². The largest absolute Gasteiger partial charge is 0.418 e. The van der Waals surface area contributed by atoms with Crippen molar-refractivity contribution in [1.82, 2.24) is 0 Å². The summed E-state index contributed by atoms with van der Waals surface area (Å²) in [6, 6.07) is 5.98. The molecule has 2 aromatic rings. The molecule has 0 spiro atoms. The van der Waals surface area contributed by atoms with E-state index in [0.29, 0.717) is 17.0 Å². The van der Waals surface area contributed by atoms with Gasteiger partial charge in [0.2, 0.25) is 0 Å². The van der Waals surface area contributed by atoms with Gasteiger partial charge in [0.25, 0.3) is 10.0 Å². The van der Waals surface area contributed by atoms with Gasteiger partial charge in [0.1, 0.15) is 0 Å². The van der Waals surface area contributed by atoms with E-state index in [9.17, 15) is 34.8 Å². The van der Waals surface area contributed by atoms with Crippen LogP contribution in [0.3, 0.4) is 0 Å². The predicted molar refractivity (Wildman–Crippen MR) is 92.8 cm³/mol. The number of hydrogen-bond donors (Lipinski definition) is 1. The molecule has 28 heavy (non-hydrogen) atoms. The Morgan fingerprint density at radius 3 is 1.64 bits per heavy atom. The average Bonchev–Trinajstić information content (AvgIpc) is 2.52. The van der Waals surface area contributed by atoms with Gasteiger partial charge in [-0.05, 0) is 31.2 Å². The summed E-state index contributed by atoms with van der Waals surface area (Å²) >= 11 is 0. The smallest absolute Gasteiger partial charge is 0.377 e. The average molecular weight is 426 g/mol. The summed E-state index contributed by atoms with van der Waals surface area (Å²) < 4.78 is 107. The number of anilines is 2. The monoisotopic (exact) mass is 426 g/mol. The standard InChI is InChI=1S/C17H16F6N2O2S/c1-10-4-6-12(7-5-10)28(26,27)24-11-8-13(16(18,19)20)15(25(2)3)14(9-11)17(21,22)23/h4-9,24H,1-3H3. The van der Waals surface area contributed by atoms with Crippen LogP contribution in [0.1, 0.15) is 16.7 Å². The van der Waals surface area contributed by atoms with E-state index in [1.165, 1.54) is 24.3 Å². The van der Waals surface area contributed by atoms with Crippen molar-refractivity contribution in [2.24, 2.45) is 0 Å². The first-order valence-electron chi connectivity index (χ1n) is 7.72. The molecule has 0 bridgehead atoms. The van der Waals surface area contributed by atoms with Gasteiger partial charge >= 0.3 is 12.4 Å². The van der Waals surface area contributed by atoms with Crippen molar-refractivity contribution in [2.75, 3.05) is 23.7 Å². The van der Waals surface area contributed by atoms with Crippen LogP contribution in [0, 0.1) is 6.92 Å². The lowest BCUT2D eigenvalue weighted by atomic mass is 10.0. The molecule has 2 aromatic carbocycles. The van der Waals surface area contributed by atoms with Gasteiger partial charge in [0.05, 0.1) is 27.4 Å². The summed E-state index contributed by atoms with van der Waals surface area (Å²) in [6.07, 6.45) is -10.3. The van der Waals surface area contributed by atoms with Crippen molar-refractivity contribution in [3.8, 4) is 0 Å². The molecular formula is C17H16F6N2O2S. The highest BCUT2D eigenvalue weighted by Gasteiger charge is 2.42. The molecule has 11 heteroatoms. The summed E-state index contributed by atoms with van der Waals surface area (Å²) in [5, 5.41) is 0. The highest BCUT2D eigenvalue weighted by atomic mass is 32.2. The number of aryl methyl sites for hydroxylation is 1. The van der Waals surface area contributed by atoms with Crippen molar-refractivity contribution in [1.29, 1.82) is 0 Å². The molecule has 154 valence electrons. The minimum Gasteiger partial charge on any atom is -0.377 e. The number of alkyl halides is 6. The summed E-state index contributed by atoms with van der Waals surface area (Å²) in [7, 11) is -2.31. The van der Waals surface area contributed by atoms with Crippen LogP contribution in [-0.4, -0.2) is 22.5 Å². The van der Waals surface area contributed by atoms with Gasteiger partial charge in [-0.3, -0.25) is 4.72 Å². The molecule has 0 atom stereocenters. The van der Waals surface area contributed by atoms with Crippen molar-refractivity contribution in [3.63, 3.8) is 0 Å². The van der Waals surface area contributed by atoms with Crippen LogP contribution in [0.25, 0.3) is 0 Å². The lowest BCUT2D eigenvalue weighted by molar-refractivity contribution is -0.142. The van der Waals surface area contributed by atoms with Crippen LogP contribution >= 0.6 is 0 Å². The second kappa shape index (κ2) is 7.19. The van der Waals surface area contributed by atoms with Crippen LogP contribution < -0.4 is 9.62 Å². The number of nitrogens with one attached hydrogen (secondary N) is 1.